The number of alkyl halides is 3. The van der Waals surface area contributed by atoms with E-state index in [-0.39, 0.29) is 35.4 Å². The van der Waals surface area contributed by atoms with Gasteiger partial charge in [-0.15, -0.1) is 0 Å². The zero-order valence-corrected chi connectivity index (χ0v) is 20.5. The predicted octanol–water partition coefficient (Wildman–Crippen LogP) is 3.93. The molecule has 0 saturated carbocycles. The fraction of sp³-hybridized carbons (Fsp3) is 0.417. The Morgan fingerprint density at radius 3 is 2.26 bits per heavy atom. The maximum atomic E-state index is 13.2. The number of anilines is 1. The number of nitrogens with zero attached hydrogens (tertiary/aromatic N) is 1. The minimum absolute atomic E-state index is 0.0236. The minimum atomic E-state index is -4.88. The molecule has 2 aromatic carbocycles. The summed E-state index contributed by atoms with van der Waals surface area (Å²) in [6.45, 7) is 4.40. The highest BCUT2D eigenvalue weighted by Gasteiger charge is 2.51. The third-order valence-electron chi connectivity index (χ3n) is 5.91. The molecule has 11 heteroatoms. The zero-order chi connectivity index (χ0) is 26.3. The van der Waals surface area contributed by atoms with Gasteiger partial charge in [-0.25, -0.2) is 8.42 Å². The van der Waals surface area contributed by atoms with Crippen molar-refractivity contribution in [2.24, 2.45) is 5.92 Å². The zero-order valence-electron chi connectivity index (χ0n) is 19.7. The second kappa shape index (κ2) is 9.27. The lowest BCUT2D eigenvalue weighted by Gasteiger charge is -2.27. The second-order valence-corrected chi connectivity index (χ2v) is 11.3. The maximum absolute atomic E-state index is 13.2. The molecule has 0 bridgehead atoms. The summed E-state index contributed by atoms with van der Waals surface area (Å²) in [6, 6.07) is 7.87. The summed E-state index contributed by atoms with van der Waals surface area (Å²) in [4.78, 5) is 27.6. The average molecular weight is 513 g/mol. The Morgan fingerprint density at radius 1 is 1.14 bits per heavy atom. The number of carbonyl (C=O) groups is 2. The Bertz CT molecular complexity index is 1240. The van der Waals surface area contributed by atoms with Crippen molar-refractivity contribution in [2.45, 2.75) is 56.5 Å². The van der Waals surface area contributed by atoms with Crippen LogP contribution < -0.4 is 5.32 Å². The van der Waals surface area contributed by atoms with Crippen molar-refractivity contribution in [3.63, 3.8) is 0 Å². The van der Waals surface area contributed by atoms with Crippen LogP contribution in [0.4, 0.5) is 18.9 Å². The van der Waals surface area contributed by atoms with Crippen LogP contribution in [0.1, 0.15) is 49.9 Å². The van der Waals surface area contributed by atoms with E-state index in [1.807, 2.05) is 13.8 Å². The van der Waals surface area contributed by atoms with E-state index in [1.165, 1.54) is 35.2 Å². The molecule has 2 amide bonds. The number of rotatable bonds is 6. The highest BCUT2D eigenvalue weighted by molar-refractivity contribution is 7.90. The maximum Gasteiger partial charge on any atom is 0.421 e. The van der Waals surface area contributed by atoms with Crippen molar-refractivity contribution in [3.8, 4) is 0 Å². The van der Waals surface area contributed by atoms with E-state index in [0.29, 0.717) is 18.1 Å². The summed E-state index contributed by atoms with van der Waals surface area (Å²) in [5.74, 6) is -0.854. The number of hydrogen-bond acceptors (Lipinski definition) is 5. The summed E-state index contributed by atoms with van der Waals surface area (Å²) in [7, 11) is -3.50. The third kappa shape index (κ3) is 5.51. The number of fused-ring (bicyclic) bond motifs is 1. The summed E-state index contributed by atoms with van der Waals surface area (Å²) in [5, 5.41) is 12.4. The summed E-state index contributed by atoms with van der Waals surface area (Å²) < 4.78 is 63.2. The van der Waals surface area contributed by atoms with Gasteiger partial charge in [0.2, 0.25) is 5.91 Å². The van der Waals surface area contributed by atoms with Gasteiger partial charge in [-0.2, -0.15) is 13.2 Å². The first-order valence-electron chi connectivity index (χ1n) is 10.8. The van der Waals surface area contributed by atoms with E-state index in [2.05, 4.69) is 5.32 Å². The van der Waals surface area contributed by atoms with E-state index >= 15 is 0 Å². The molecule has 0 radical (unpaired) electrons. The Morgan fingerprint density at radius 2 is 1.74 bits per heavy atom. The second-order valence-electron chi connectivity index (χ2n) is 9.29. The number of hydrogen-bond donors (Lipinski definition) is 2. The molecule has 2 aromatic rings. The van der Waals surface area contributed by atoms with E-state index in [9.17, 15) is 36.3 Å². The molecule has 0 aliphatic carbocycles. The molecule has 190 valence electrons. The lowest BCUT2D eigenvalue weighted by molar-refractivity contribution is -0.258. The van der Waals surface area contributed by atoms with Crippen molar-refractivity contribution in [3.05, 3.63) is 59.2 Å². The summed E-state index contributed by atoms with van der Waals surface area (Å²) in [6.07, 6.45) is -3.64. The quantitative estimate of drug-likeness (QED) is 0.611. The van der Waals surface area contributed by atoms with E-state index in [4.69, 9.17) is 0 Å². The SMILES string of the molecule is CC(C)CC(=O)N1Cc2cc(S(C)(=O)=O)ccc2C1C(=O)Nc1ccc(C(C)(O)C(F)(F)F)cc1. The number of benzene rings is 2. The van der Waals surface area contributed by atoms with Crippen molar-refractivity contribution >= 4 is 27.3 Å². The fourth-order valence-electron chi connectivity index (χ4n) is 3.89. The lowest BCUT2D eigenvalue weighted by Crippen LogP contribution is -2.39. The number of nitrogens with one attached hydrogen (secondary N) is 1. The van der Waals surface area contributed by atoms with Crippen LogP contribution in [0.15, 0.2) is 47.4 Å². The van der Waals surface area contributed by atoms with Gasteiger partial charge in [-0.1, -0.05) is 32.0 Å². The third-order valence-corrected chi connectivity index (χ3v) is 7.02. The van der Waals surface area contributed by atoms with Crippen LogP contribution >= 0.6 is 0 Å². The van der Waals surface area contributed by atoms with E-state index in [0.717, 1.165) is 18.4 Å². The first-order valence-corrected chi connectivity index (χ1v) is 12.7. The molecule has 7 nitrogen and oxygen atoms in total. The van der Waals surface area contributed by atoms with Crippen LogP contribution in [0.5, 0.6) is 0 Å². The molecule has 1 aliphatic heterocycles. The molecule has 2 unspecified atom stereocenters. The van der Waals surface area contributed by atoms with Crippen LogP contribution in [0.2, 0.25) is 0 Å². The number of amides is 2. The molecule has 1 aliphatic rings. The molecule has 0 saturated heterocycles. The molecule has 2 N–H and O–H groups in total. The molecule has 1 heterocycles. The van der Waals surface area contributed by atoms with E-state index < -0.39 is 39.1 Å². The van der Waals surface area contributed by atoms with Gasteiger partial charge < -0.3 is 15.3 Å². The van der Waals surface area contributed by atoms with Gasteiger partial charge in [0, 0.05) is 24.9 Å². The normalized spacial score (nSPS) is 17.7. The Kier molecular flexibility index (Phi) is 7.07. The van der Waals surface area contributed by atoms with Crippen LogP contribution in [0.25, 0.3) is 0 Å². The molecule has 35 heavy (non-hydrogen) atoms. The molecular weight excluding hydrogens is 485 g/mol. The van der Waals surface area contributed by atoms with Gasteiger partial charge in [0.05, 0.1) is 4.90 Å². The Labute approximate surface area is 201 Å². The number of carbonyl (C=O) groups excluding carboxylic acids is 2. The average Bonchev–Trinajstić information content (AvgIpc) is 3.11. The van der Waals surface area contributed by atoms with Crippen molar-refractivity contribution in [2.75, 3.05) is 11.6 Å². The molecule has 0 fully saturated rings. The number of halogens is 3. The first-order chi connectivity index (χ1) is 16.0. The van der Waals surface area contributed by atoms with Gasteiger partial charge in [-0.3, -0.25) is 9.59 Å². The minimum Gasteiger partial charge on any atom is -0.376 e. The van der Waals surface area contributed by atoms with Gasteiger partial charge in [0.15, 0.2) is 15.4 Å². The summed E-state index contributed by atoms with van der Waals surface area (Å²) in [5.41, 5.74) is -2.27. The van der Waals surface area contributed by atoms with Gasteiger partial charge >= 0.3 is 6.18 Å². The van der Waals surface area contributed by atoms with Crippen LogP contribution in [0, 0.1) is 5.92 Å². The molecule has 0 spiro atoms. The first kappa shape index (κ1) is 26.7. The Hall–Kier alpha value is -2.92. The van der Waals surface area contributed by atoms with Crippen LogP contribution in [0.3, 0.4) is 0 Å². The highest BCUT2D eigenvalue weighted by atomic mass is 32.2. The Balaban J connectivity index is 1.92. The highest BCUT2D eigenvalue weighted by Crippen LogP contribution is 2.39. The molecule has 3 rings (SSSR count). The van der Waals surface area contributed by atoms with Crippen molar-refractivity contribution in [1.29, 1.82) is 0 Å². The molecule has 0 aromatic heterocycles. The molecule has 2 atom stereocenters. The summed E-state index contributed by atoms with van der Waals surface area (Å²) >= 11 is 0. The van der Waals surface area contributed by atoms with Gasteiger partial charge in [0.25, 0.3) is 5.91 Å². The smallest absolute Gasteiger partial charge is 0.376 e. The number of sulfone groups is 1. The topological polar surface area (TPSA) is 104 Å². The predicted molar refractivity (Wildman–Crippen MR) is 123 cm³/mol. The monoisotopic (exact) mass is 512 g/mol. The van der Waals surface area contributed by atoms with Crippen LogP contribution in [-0.4, -0.2) is 42.7 Å². The van der Waals surface area contributed by atoms with Crippen molar-refractivity contribution < 1.29 is 36.3 Å². The van der Waals surface area contributed by atoms with Gasteiger partial charge in [-0.05, 0) is 53.8 Å². The van der Waals surface area contributed by atoms with E-state index in [1.54, 1.807) is 0 Å². The number of aliphatic hydroxyl groups is 1. The van der Waals surface area contributed by atoms with Crippen molar-refractivity contribution in [1.82, 2.24) is 4.90 Å². The largest absolute Gasteiger partial charge is 0.421 e. The fourth-order valence-corrected chi connectivity index (χ4v) is 4.56. The lowest BCUT2D eigenvalue weighted by atomic mass is 9.95. The van der Waals surface area contributed by atoms with Gasteiger partial charge in [0.1, 0.15) is 6.04 Å². The molecular formula is C24H27F3N2O5S. The van der Waals surface area contributed by atoms with Crippen LogP contribution in [-0.2, 0) is 31.6 Å². The standard InChI is InChI=1S/C24H27F3N2O5S/c1-14(2)11-20(30)29-13-15-12-18(35(4,33)34)9-10-19(15)21(29)22(31)28-17-7-5-16(6-8-17)23(3,32)24(25,26)27/h5-10,12,14,21,32H,11,13H2,1-4H3,(H,28,31).